The normalized spacial score (nSPS) is 11.9. The molecule has 2 unspecified atom stereocenters. The third-order valence-electron chi connectivity index (χ3n) is 8.26. The third-order valence-corrected chi connectivity index (χ3v) is 8.26. The summed E-state index contributed by atoms with van der Waals surface area (Å²) < 4.78 is 24.9. The van der Waals surface area contributed by atoms with Gasteiger partial charge >= 0.3 is 0 Å². The van der Waals surface area contributed by atoms with Crippen LogP contribution >= 0.6 is 12.4 Å². The summed E-state index contributed by atoms with van der Waals surface area (Å²) in [6.45, 7) is 8.04. The lowest BCUT2D eigenvalue weighted by atomic mass is 9.94. The summed E-state index contributed by atoms with van der Waals surface area (Å²) >= 11 is 0. The van der Waals surface area contributed by atoms with Crippen molar-refractivity contribution in [2.24, 2.45) is 11.5 Å². The molecule has 0 aliphatic heterocycles. The smallest absolute Gasteiger partial charge is 0.175 e. The minimum Gasteiger partial charge on any atom is -0.453 e. The molecular weight excluding hydrogens is 660 g/mol. The molecule has 0 heterocycles. The summed E-state index contributed by atoms with van der Waals surface area (Å²) in [7, 11) is 0. The van der Waals surface area contributed by atoms with Crippen LogP contribution in [-0.2, 0) is 4.79 Å². The van der Waals surface area contributed by atoms with Crippen molar-refractivity contribution >= 4 is 18.2 Å². The quantitative estimate of drug-likeness (QED) is 0.131. The molecule has 6 aromatic carbocycles. The lowest BCUT2D eigenvalue weighted by Crippen LogP contribution is -2.31. The molecule has 0 saturated carbocycles. The van der Waals surface area contributed by atoms with Gasteiger partial charge in [0.1, 0.15) is 23.0 Å². The maximum absolute atomic E-state index is 13.9. The van der Waals surface area contributed by atoms with Crippen LogP contribution in [0.4, 0.5) is 0 Å². The van der Waals surface area contributed by atoms with Gasteiger partial charge in [0, 0.05) is 0 Å². The van der Waals surface area contributed by atoms with Crippen LogP contribution in [0.3, 0.4) is 0 Å². The summed E-state index contributed by atoms with van der Waals surface area (Å²) in [5.41, 5.74) is 18.7. The van der Waals surface area contributed by atoms with Crippen molar-refractivity contribution in [1.29, 1.82) is 0 Å². The van der Waals surface area contributed by atoms with Crippen LogP contribution in [0.2, 0.25) is 0 Å². The number of carbonyl (C=O) groups excluding carboxylic acids is 1. The first-order valence-corrected chi connectivity index (χ1v) is 16.4. The SMILES string of the molecule is Cc1ccc(Oc2ccc(C(N)C(=O)C(N)c3ccc(Oc4ccc(C)cc4)c(Oc4ccc(C)cc4)c3)cc2Oc2ccc(C)cc2)cc1.Cl. The number of Topliss-reactive ketones (excluding diaryl/α,β-unsaturated/α-hetero) is 1. The minimum atomic E-state index is -1.05. The predicted octanol–water partition coefficient (Wildman–Crippen LogP) is 10.8. The molecule has 0 aliphatic rings. The molecule has 0 aliphatic carbocycles. The van der Waals surface area contributed by atoms with E-state index in [9.17, 15) is 4.79 Å². The Labute approximate surface area is 305 Å². The molecule has 0 radical (unpaired) electrons. The summed E-state index contributed by atoms with van der Waals surface area (Å²) in [5.74, 6) is 3.93. The van der Waals surface area contributed by atoms with E-state index >= 15 is 0 Å². The van der Waals surface area contributed by atoms with E-state index in [0.717, 1.165) is 22.3 Å². The van der Waals surface area contributed by atoms with Crippen LogP contribution in [0, 0.1) is 27.7 Å². The Morgan fingerprint density at radius 2 is 0.667 bits per heavy atom. The molecular formula is C43H41ClN2O5. The zero-order chi connectivity index (χ0) is 35.2. The van der Waals surface area contributed by atoms with Gasteiger partial charge in [0.25, 0.3) is 0 Å². The number of hydrogen-bond donors (Lipinski definition) is 2. The van der Waals surface area contributed by atoms with E-state index in [-0.39, 0.29) is 18.2 Å². The largest absolute Gasteiger partial charge is 0.453 e. The van der Waals surface area contributed by atoms with E-state index < -0.39 is 12.1 Å². The maximum atomic E-state index is 13.9. The number of ether oxygens (including phenoxy) is 4. The van der Waals surface area contributed by atoms with Gasteiger partial charge < -0.3 is 30.4 Å². The number of benzene rings is 6. The fraction of sp³-hybridized carbons (Fsp3) is 0.140. The predicted molar refractivity (Wildman–Crippen MR) is 204 cm³/mol. The number of halogens is 1. The van der Waals surface area contributed by atoms with Crippen molar-refractivity contribution in [3.63, 3.8) is 0 Å². The van der Waals surface area contributed by atoms with Gasteiger partial charge in [-0.1, -0.05) is 82.9 Å². The van der Waals surface area contributed by atoms with E-state index in [1.54, 1.807) is 36.4 Å². The van der Waals surface area contributed by atoms with Crippen LogP contribution in [0.15, 0.2) is 133 Å². The highest BCUT2D eigenvalue weighted by molar-refractivity contribution is 5.91. The minimum absolute atomic E-state index is 0. The Kier molecular flexibility index (Phi) is 11.8. The molecule has 0 saturated heterocycles. The average Bonchev–Trinajstić information content (AvgIpc) is 3.12. The topological polar surface area (TPSA) is 106 Å². The standard InChI is InChI=1S/C43H40N2O5.ClH/c1-27-5-15-33(16-6-27)47-37-23-13-31(25-39(37)49-35-19-9-29(3)10-20-35)41(44)43(46)42(45)32-14-24-38(48-34-17-7-28(2)8-18-34)40(26-32)50-36-21-11-30(4)12-22-36;/h5-26,41-42H,44-45H2,1-4H3;1H. The first-order valence-electron chi connectivity index (χ1n) is 16.4. The van der Waals surface area contributed by atoms with Crippen molar-refractivity contribution < 1.29 is 23.7 Å². The Balaban J connectivity index is 0.00000504. The Bertz CT molecular complexity index is 1930. The number of rotatable bonds is 12. The lowest BCUT2D eigenvalue weighted by molar-refractivity contribution is -0.121. The zero-order valence-corrected chi connectivity index (χ0v) is 29.8. The van der Waals surface area contributed by atoms with Crippen molar-refractivity contribution in [2.45, 2.75) is 39.8 Å². The first kappa shape index (κ1) is 36.7. The molecule has 0 fully saturated rings. The highest BCUT2D eigenvalue weighted by Gasteiger charge is 2.26. The molecule has 0 amide bonds. The zero-order valence-electron chi connectivity index (χ0n) is 29.0. The second-order valence-corrected chi connectivity index (χ2v) is 12.4. The molecule has 4 N–H and O–H groups in total. The highest BCUT2D eigenvalue weighted by atomic mass is 35.5. The van der Waals surface area contributed by atoms with Gasteiger partial charge in [0.05, 0.1) is 12.1 Å². The van der Waals surface area contributed by atoms with E-state index in [2.05, 4.69) is 0 Å². The fourth-order valence-electron chi connectivity index (χ4n) is 5.22. The highest BCUT2D eigenvalue weighted by Crippen LogP contribution is 2.40. The van der Waals surface area contributed by atoms with Crippen molar-refractivity contribution in [3.05, 3.63) is 167 Å². The van der Waals surface area contributed by atoms with E-state index in [1.165, 1.54) is 0 Å². The number of ketones is 1. The van der Waals surface area contributed by atoms with Crippen LogP contribution < -0.4 is 30.4 Å². The molecule has 260 valence electrons. The summed E-state index contributed by atoms with van der Waals surface area (Å²) in [4.78, 5) is 13.9. The van der Waals surface area contributed by atoms with E-state index in [0.29, 0.717) is 57.1 Å². The van der Waals surface area contributed by atoms with Crippen LogP contribution in [0.25, 0.3) is 0 Å². The molecule has 0 aromatic heterocycles. The number of carbonyl (C=O) groups is 1. The maximum Gasteiger partial charge on any atom is 0.175 e. The third kappa shape index (κ3) is 9.35. The van der Waals surface area contributed by atoms with Gasteiger partial charge in [-0.05, 0) is 112 Å². The first-order chi connectivity index (χ1) is 24.1. The molecule has 6 rings (SSSR count). The number of aryl methyl sites for hydroxylation is 4. The summed E-state index contributed by atoms with van der Waals surface area (Å²) in [6.07, 6.45) is 0. The lowest BCUT2D eigenvalue weighted by Gasteiger charge is -2.20. The van der Waals surface area contributed by atoms with Crippen LogP contribution in [0.1, 0.15) is 45.5 Å². The number of hydrogen-bond acceptors (Lipinski definition) is 7. The second-order valence-electron chi connectivity index (χ2n) is 12.4. The van der Waals surface area contributed by atoms with Crippen molar-refractivity contribution in [3.8, 4) is 46.0 Å². The molecule has 51 heavy (non-hydrogen) atoms. The summed E-state index contributed by atoms with van der Waals surface area (Å²) in [6, 6.07) is 39.1. The Hall–Kier alpha value is -5.60. The van der Waals surface area contributed by atoms with Crippen molar-refractivity contribution in [2.75, 3.05) is 0 Å². The van der Waals surface area contributed by atoms with Crippen LogP contribution in [0.5, 0.6) is 46.0 Å². The van der Waals surface area contributed by atoms with Gasteiger partial charge in [-0.15, -0.1) is 12.4 Å². The second kappa shape index (κ2) is 16.4. The van der Waals surface area contributed by atoms with Gasteiger partial charge in [-0.25, -0.2) is 0 Å². The molecule has 2 atom stereocenters. The van der Waals surface area contributed by atoms with E-state index in [1.807, 2.05) is 125 Å². The molecule has 0 bridgehead atoms. The molecule has 8 heteroatoms. The van der Waals surface area contributed by atoms with Crippen molar-refractivity contribution in [1.82, 2.24) is 0 Å². The van der Waals surface area contributed by atoms with Crippen LogP contribution in [-0.4, -0.2) is 5.78 Å². The number of nitrogens with two attached hydrogens (primary N) is 2. The monoisotopic (exact) mass is 700 g/mol. The van der Waals surface area contributed by atoms with Gasteiger partial charge in [-0.3, -0.25) is 4.79 Å². The molecule has 6 aromatic rings. The molecule has 0 spiro atoms. The van der Waals surface area contributed by atoms with Gasteiger partial charge in [-0.2, -0.15) is 0 Å². The van der Waals surface area contributed by atoms with Gasteiger partial charge in [0.2, 0.25) is 0 Å². The summed E-state index contributed by atoms with van der Waals surface area (Å²) in [5, 5.41) is 0. The Morgan fingerprint density at radius 1 is 0.412 bits per heavy atom. The van der Waals surface area contributed by atoms with E-state index in [4.69, 9.17) is 30.4 Å². The Morgan fingerprint density at radius 3 is 0.941 bits per heavy atom. The fourth-order valence-corrected chi connectivity index (χ4v) is 5.22. The van der Waals surface area contributed by atoms with Gasteiger partial charge in [0.15, 0.2) is 28.8 Å². The molecule has 7 nitrogen and oxygen atoms in total. The average molecular weight is 701 g/mol.